The van der Waals surface area contributed by atoms with Crippen LogP contribution in [0.15, 0.2) is 16.6 Å². The number of aliphatic hydroxyl groups excluding tert-OH is 1. The summed E-state index contributed by atoms with van der Waals surface area (Å²) in [6.07, 6.45) is 0.750. The molecule has 0 fully saturated rings. The molecule has 1 amide bonds. The summed E-state index contributed by atoms with van der Waals surface area (Å²) in [5, 5.41) is 11.9. The molecule has 0 aliphatic heterocycles. The molecule has 7 heteroatoms. The van der Waals surface area contributed by atoms with Crippen molar-refractivity contribution < 1.29 is 24.1 Å². The van der Waals surface area contributed by atoms with E-state index in [4.69, 9.17) is 19.3 Å². The van der Waals surface area contributed by atoms with E-state index in [2.05, 4.69) is 21.2 Å². The van der Waals surface area contributed by atoms with Crippen LogP contribution in [0.25, 0.3) is 0 Å². The van der Waals surface area contributed by atoms with Crippen LogP contribution in [0.4, 0.5) is 0 Å². The van der Waals surface area contributed by atoms with Gasteiger partial charge in [0.2, 0.25) is 0 Å². The van der Waals surface area contributed by atoms with Crippen molar-refractivity contribution in [2.24, 2.45) is 0 Å². The first kappa shape index (κ1) is 17.7. The zero-order chi connectivity index (χ0) is 15.7. The predicted molar refractivity (Wildman–Crippen MR) is 81.6 cm³/mol. The minimum absolute atomic E-state index is 0.102. The van der Waals surface area contributed by atoms with Gasteiger partial charge in [-0.25, -0.2) is 0 Å². The molecule has 118 valence electrons. The highest BCUT2D eigenvalue weighted by Crippen LogP contribution is 2.36. The maximum atomic E-state index is 11.6. The van der Waals surface area contributed by atoms with E-state index < -0.39 is 0 Å². The van der Waals surface area contributed by atoms with Gasteiger partial charge in [0, 0.05) is 20.3 Å². The lowest BCUT2D eigenvalue weighted by Crippen LogP contribution is -2.30. The normalized spacial score (nSPS) is 10.3. The summed E-state index contributed by atoms with van der Waals surface area (Å²) in [5.74, 6) is 0.675. The van der Waals surface area contributed by atoms with Crippen LogP contribution in [0.3, 0.4) is 0 Å². The van der Waals surface area contributed by atoms with Gasteiger partial charge in [-0.1, -0.05) is 0 Å². The number of carbonyl (C=O) groups excluding carboxylic acids is 1. The lowest BCUT2D eigenvalue weighted by Gasteiger charge is -2.13. The minimum atomic E-state index is -0.216. The van der Waals surface area contributed by atoms with Crippen molar-refractivity contribution in [3.05, 3.63) is 22.2 Å². The van der Waals surface area contributed by atoms with Gasteiger partial charge in [0.05, 0.1) is 18.2 Å². The molecule has 1 rings (SSSR count). The number of hydrogen-bond donors (Lipinski definition) is 2. The summed E-state index contributed by atoms with van der Waals surface area (Å²) >= 11 is 3.34. The van der Waals surface area contributed by atoms with Crippen LogP contribution in [0.1, 0.15) is 12.0 Å². The average molecular weight is 362 g/mol. The number of methoxy groups -OCH3 is 2. The van der Waals surface area contributed by atoms with Crippen molar-refractivity contribution >= 4 is 21.8 Å². The molecular formula is C14H20BrNO5. The number of amides is 1. The first-order valence-electron chi connectivity index (χ1n) is 6.48. The number of carbonyl (C=O) groups is 1. The molecule has 0 aliphatic carbocycles. The molecule has 2 N–H and O–H groups in total. The van der Waals surface area contributed by atoms with Crippen LogP contribution in [-0.2, 0) is 16.1 Å². The van der Waals surface area contributed by atoms with E-state index >= 15 is 0 Å². The number of aliphatic hydroxyl groups is 1. The second-order valence-corrected chi connectivity index (χ2v) is 5.11. The Morgan fingerprint density at radius 1 is 1.38 bits per heavy atom. The molecule has 0 heterocycles. The van der Waals surface area contributed by atoms with Gasteiger partial charge in [0.25, 0.3) is 5.91 Å². The Balaban J connectivity index is 2.56. The predicted octanol–water partition coefficient (Wildman–Crippen LogP) is 1.48. The second-order valence-electron chi connectivity index (χ2n) is 4.25. The first-order chi connectivity index (χ1) is 10.1. The summed E-state index contributed by atoms with van der Waals surface area (Å²) < 4.78 is 16.2. The number of nitrogens with one attached hydrogen (secondary N) is 1. The van der Waals surface area contributed by atoms with Crippen molar-refractivity contribution in [2.45, 2.75) is 13.0 Å². The highest BCUT2D eigenvalue weighted by molar-refractivity contribution is 9.10. The maximum absolute atomic E-state index is 11.6. The Morgan fingerprint density at radius 3 is 2.76 bits per heavy atom. The van der Waals surface area contributed by atoms with Gasteiger partial charge in [0.15, 0.2) is 18.1 Å². The molecule has 0 atom stereocenters. The maximum Gasteiger partial charge on any atom is 0.257 e. The van der Waals surface area contributed by atoms with Gasteiger partial charge in [-0.3, -0.25) is 4.79 Å². The molecule has 0 bridgehead atoms. The fourth-order valence-electron chi connectivity index (χ4n) is 1.64. The van der Waals surface area contributed by atoms with Crippen LogP contribution in [0.5, 0.6) is 11.5 Å². The molecule has 0 unspecified atom stereocenters. The first-order valence-corrected chi connectivity index (χ1v) is 7.27. The smallest absolute Gasteiger partial charge is 0.257 e. The molecule has 6 nitrogen and oxygen atoms in total. The molecule has 0 aromatic heterocycles. The third kappa shape index (κ3) is 5.91. The summed E-state index contributed by atoms with van der Waals surface area (Å²) in [7, 11) is 3.12. The zero-order valence-electron chi connectivity index (χ0n) is 12.1. The Bertz CT molecular complexity index is 467. The van der Waals surface area contributed by atoms with Crippen molar-refractivity contribution in [3.8, 4) is 11.5 Å². The Morgan fingerprint density at radius 2 is 2.14 bits per heavy atom. The van der Waals surface area contributed by atoms with Gasteiger partial charge in [0.1, 0.15) is 0 Å². The van der Waals surface area contributed by atoms with Gasteiger partial charge in [-0.15, -0.1) is 0 Å². The standard InChI is InChI=1S/C14H20BrNO5/c1-19-5-3-4-16-13(18)9-21-14-11(15)6-10(8-17)7-12(14)20-2/h6-7,17H,3-5,8-9H2,1-2H3,(H,16,18). The van der Waals surface area contributed by atoms with Crippen molar-refractivity contribution in [3.63, 3.8) is 0 Å². The number of ether oxygens (including phenoxy) is 3. The quantitative estimate of drug-likeness (QED) is 0.651. The number of hydrogen-bond acceptors (Lipinski definition) is 5. The highest BCUT2D eigenvalue weighted by atomic mass is 79.9. The van der Waals surface area contributed by atoms with Crippen LogP contribution >= 0.6 is 15.9 Å². The van der Waals surface area contributed by atoms with E-state index in [1.54, 1.807) is 19.2 Å². The Kier molecular flexibility index (Phi) is 8.11. The van der Waals surface area contributed by atoms with Crippen molar-refractivity contribution in [2.75, 3.05) is 34.0 Å². The van der Waals surface area contributed by atoms with E-state index in [9.17, 15) is 4.79 Å². The van der Waals surface area contributed by atoms with E-state index in [1.807, 2.05) is 0 Å². The molecule has 1 aromatic carbocycles. The summed E-state index contributed by atoms with van der Waals surface area (Å²) in [5.41, 5.74) is 0.690. The van der Waals surface area contributed by atoms with Gasteiger partial charge < -0.3 is 24.6 Å². The molecule has 21 heavy (non-hydrogen) atoms. The topological polar surface area (TPSA) is 77.0 Å². The van der Waals surface area contributed by atoms with Gasteiger partial charge in [-0.05, 0) is 40.0 Å². The summed E-state index contributed by atoms with van der Waals surface area (Å²) in [6, 6.07) is 3.38. The van der Waals surface area contributed by atoms with E-state index in [-0.39, 0.29) is 19.1 Å². The average Bonchev–Trinajstić information content (AvgIpc) is 2.49. The molecular weight excluding hydrogens is 342 g/mol. The third-order valence-corrected chi connectivity index (χ3v) is 3.26. The van der Waals surface area contributed by atoms with Crippen molar-refractivity contribution in [1.29, 1.82) is 0 Å². The van der Waals surface area contributed by atoms with Crippen LogP contribution in [-0.4, -0.2) is 45.0 Å². The molecule has 1 aromatic rings. The van der Waals surface area contributed by atoms with E-state index in [0.717, 1.165) is 6.42 Å². The van der Waals surface area contributed by atoms with Crippen LogP contribution < -0.4 is 14.8 Å². The number of halogens is 1. The largest absolute Gasteiger partial charge is 0.493 e. The fourth-order valence-corrected chi connectivity index (χ4v) is 2.24. The van der Waals surface area contributed by atoms with Crippen LogP contribution in [0.2, 0.25) is 0 Å². The third-order valence-electron chi connectivity index (χ3n) is 2.67. The minimum Gasteiger partial charge on any atom is -0.493 e. The van der Waals surface area contributed by atoms with E-state index in [1.165, 1.54) is 7.11 Å². The molecule has 0 saturated carbocycles. The fraction of sp³-hybridized carbons (Fsp3) is 0.500. The zero-order valence-corrected chi connectivity index (χ0v) is 13.7. The molecule has 0 radical (unpaired) electrons. The SMILES string of the molecule is COCCCNC(=O)COc1c(Br)cc(CO)cc1OC. The number of rotatable bonds is 9. The van der Waals surface area contributed by atoms with E-state index in [0.29, 0.717) is 34.7 Å². The monoisotopic (exact) mass is 361 g/mol. The van der Waals surface area contributed by atoms with Crippen molar-refractivity contribution in [1.82, 2.24) is 5.32 Å². The molecule has 0 spiro atoms. The Labute approximate surface area is 132 Å². The van der Waals surface area contributed by atoms with Gasteiger partial charge >= 0.3 is 0 Å². The van der Waals surface area contributed by atoms with Gasteiger partial charge in [-0.2, -0.15) is 0 Å². The highest BCUT2D eigenvalue weighted by Gasteiger charge is 2.13. The summed E-state index contributed by atoms with van der Waals surface area (Å²) in [4.78, 5) is 11.6. The number of benzene rings is 1. The summed E-state index contributed by atoms with van der Waals surface area (Å²) in [6.45, 7) is 0.927. The second kappa shape index (κ2) is 9.59. The molecule has 0 aliphatic rings. The lowest BCUT2D eigenvalue weighted by molar-refractivity contribution is -0.123. The Hall–Kier alpha value is -1.31. The van der Waals surface area contributed by atoms with Crippen LogP contribution in [0, 0.1) is 0 Å². The molecule has 0 saturated heterocycles. The lowest BCUT2D eigenvalue weighted by atomic mass is 10.2.